The molecule has 2 atom stereocenters. The third kappa shape index (κ3) is 2.18. The van der Waals surface area contributed by atoms with E-state index in [1.807, 2.05) is 0 Å². The summed E-state index contributed by atoms with van der Waals surface area (Å²) in [6, 6.07) is 1.74. The Kier molecular flexibility index (Phi) is 3.42. The second-order valence-corrected chi connectivity index (χ2v) is 4.01. The Morgan fingerprint density at radius 2 is 2.19 bits per heavy atom. The lowest BCUT2D eigenvalue weighted by Crippen LogP contribution is -2.18. The highest BCUT2D eigenvalue weighted by Crippen LogP contribution is 2.20. The van der Waals surface area contributed by atoms with Crippen molar-refractivity contribution in [1.29, 1.82) is 0 Å². The first kappa shape index (κ1) is 11.4. The summed E-state index contributed by atoms with van der Waals surface area (Å²) in [5.41, 5.74) is 1.92. The van der Waals surface area contributed by atoms with Gasteiger partial charge in [0.15, 0.2) is 5.65 Å². The number of pyridine rings is 1. The normalized spacial score (nSPS) is 15.2. The standard InChI is InChI=1S/C10H13N3O2S/c14-8(1-2-16)9(15)6-3-7-10(11-4-6)13-5-12-7/h3-5,8-9,14-16H,1-2H2,(H,11,12,13). The largest absolute Gasteiger partial charge is 0.390 e. The van der Waals surface area contributed by atoms with E-state index < -0.39 is 12.2 Å². The number of H-pyrrole nitrogens is 1. The first-order valence-corrected chi connectivity index (χ1v) is 5.61. The molecular weight excluding hydrogens is 226 g/mol. The molecule has 0 aromatic carbocycles. The van der Waals surface area contributed by atoms with E-state index in [-0.39, 0.29) is 0 Å². The molecular formula is C10H13N3O2S. The van der Waals surface area contributed by atoms with Crippen molar-refractivity contribution in [2.24, 2.45) is 0 Å². The number of rotatable bonds is 4. The SMILES string of the molecule is OC(CCS)C(O)c1cnc2nc[nH]c2c1. The zero-order valence-electron chi connectivity index (χ0n) is 8.54. The van der Waals surface area contributed by atoms with Crippen LogP contribution in [0.25, 0.3) is 11.2 Å². The van der Waals surface area contributed by atoms with Gasteiger partial charge in [0.05, 0.1) is 17.9 Å². The fourth-order valence-electron chi connectivity index (χ4n) is 1.52. The molecule has 2 unspecified atom stereocenters. The summed E-state index contributed by atoms with van der Waals surface area (Å²) >= 11 is 4.01. The third-order valence-corrected chi connectivity index (χ3v) is 2.68. The zero-order chi connectivity index (χ0) is 11.5. The van der Waals surface area contributed by atoms with E-state index in [1.165, 1.54) is 12.5 Å². The summed E-state index contributed by atoms with van der Waals surface area (Å²) in [6.07, 6.45) is 1.74. The van der Waals surface area contributed by atoms with Gasteiger partial charge in [0.1, 0.15) is 6.10 Å². The molecule has 0 aliphatic rings. The molecule has 3 N–H and O–H groups in total. The number of hydrogen-bond donors (Lipinski definition) is 4. The number of nitrogens with zero attached hydrogens (tertiary/aromatic N) is 2. The van der Waals surface area contributed by atoms with Crippen LogP contribution in [0.3, 0.4) is 0 Å². The van der Waals surface area contributed by atoms with Crippen LogP contribution in [0, 0.1) is 0 Å². The van der Waals surface area contributed by atoms with E-state index >= 15 is 0 Å². The van der Waals surface area contributed by atoms with Crippen molar-refractivity contribution in [1.82, 2.24) is 15.0 Å². The van der Waals surface area contributed by atoms with Crippen LogP contribution >= 0.6 is 12.6 Å². The molecule has 6 heteroatoms. The molecule has 0 bridgehead atoms. The zero-order valence-corrected chi connectivity index (χ0v) is 9.43. The highest BCUT2D eigenvalue weighted by molar-refractivity contribution is 7.80. The average Bonchev–Trinajstić information content (AvgIpc) is 2.75. The van der Waals surface area contributed by atoms with E-state index in [2.05, 4.69) is 27.6 Å². The maximum atomic E-state index is 9.86. The number of aliphatic hydroxyl groups is 2. The van der Waals surface area contributed by atoms with Crippen LogP contribution in [-0.2, 0) is 0 Å². The maximum Gasteiger partial charge on any atom is 0.177 e. The minimum absolute atomic E-state index is 0.436. The van der Waals surface area contributed by atoms with Crippen molar-refractivity contribution < 1.29 is 10.2 Å². The highest BCUT2D eigenvalue weighted by Gasteiger charge is 2.18. The van der Waals surface area contributed by atoms with Crippen LogP contribution in [-0.4, -0.2) is 37.0 Å². The second-order valence-electron chi connectivity index (χ2n) is 3.57. The minimum Gasteiger partial charge on any atom is -0.390 e. The number of aliphatic hydroxyl groups excluding tert-OH is 2. The number of aromatic amines is 1. The predicted octanol–water partition coefficient (Wildman–Crippen LogP) is 0.672. The van der Waals surface area contributed by atoms with E-state index in [0.29, 0.717) is 23.4 Å². The molecule has 0 aliphatic carbocycles. The molecule has 0 radical (unpaired) electrons. The molecule has 0 saturated heterocycles. The molecule has 0 amide bonds. The van der Waals surface area contributed by atoms with Crippen molar-refractivity contribution in [3.8, 4) is 0 Å². The van der Waals surface area contributed by atoms with Gasteiger partial charge < -0.3 is 15.2 Å². The molecule has 2 aromatic heterocycles. The van der Waals surface area contributed by atoms with Gasteiger partial charge in [-0.15, -0.1) is 0 Å². The monoisotopic (exact) mass is 239 g/mol. The van der Waals surface area contributed by atoms with Gasteiger partial charge >= 0.3 is 0 Å². The number of nitrogens with one attached hydrogen (secondary N) is 1. The maximum absolute atomic E-state index is 9.86. The summed E-state index contributed by atoms with van der Waals surface area (Å²) in [7, 11) is 0. The topological polar surface area (TPSA) is 82.0 Å². The van der Waals surface area contributed by atoms with Gasteiger partial charge in [-0.25, -0.2) is 9.97 Å². The summed E-state index contributed by atoms with van der Waals surface area (Å²) in [4.78, 5) is 11.0. The molecule has 0 aliphatic heterocycles. The van der Waals surface area contributed by atoms with Crippen LogP contribution in [0.2, 0.25) is 0 Å². The Morgan fingerprint density at radius 3 is 2.94 bits per heavy atom. The van der Waals surface area contributed by atoms with Gasteiger partial charge in [0.2, 0.25) is 0 Å². The van der Waals surface area contributed by atoms with Crippen LogP contribution < -0.4 is 0 Å². The second kappa shape index (κ2) is 4.82. The molecule has 5 nitrogen and oxygen atoms in total. The number of imidazole rings is 1. The van der Waals surface area contributed by atoms with E-state index in [9.17, 15) is 10.2 Å². The first-order chi connectivity index (χ1) is 7.72. The van der Waals surface area contributed by atoms with Gasteiger partial charge in [-0.2, -0.15) is 12.6 Å². The quantitative estimate of drug-likeness (QED) is 0.591. The number of fused-ring (bicyclic) bond motifs is 1. The van der Waals surface area contributed by atoms with Gasteiger partial charge in [0, 0.05) is 11.8 Å². The van der Waals surface area contributed by atoms with Crippen LogP contribution in [0.4, 0.5) is 0 Å². The molecule has 2 aromatic rings. The lowest BCUT2D eigenvalue weighted by Gasteiger charge is -2.16. The van der Waals surface area contributed by atoms with Gasteiger partial charge in [0.25, 0.3) is 0 Å². The summed E-state index contributed by atoms with van der Waals surface area (Å²) in [5, 5.41) is 19.5. The molecule has 86 valence electrons. The van der Waals surface area contributed by atoms with Gasteiger partial charge in [-0.1, -0.05) is 0 Å². The smallest absolute Gasteiger partial charge is 0.177 e. The van der Waals surface area contributed by atoms with Crippen LogP contribution in [0.5, 0.6) is 0 Å². The molecule has 0 spiro atoms. The van der Waals surface area contributed by atoms with Crippen molar-refractivity contribution in [3.63, 3.8) is 0 Å². The third-order valence-electron chi connectivity index (χ3n) is 2.43. The molecule has 0 fully saturated rings. The minimum atomic E-state index is -0.938. The lowest BCUT2D eigenvalue weighted by atomic mass is 10.0. The summed E-state index contributed by atoms with van der Waals surface area (Å²) in [5.74, 6) is 0.526. The Morgan fingerprint density at radius 1 is 1.38 bits per heavy atom. The summed E-state index contributed by atoms with van der Waals surface area (Å²) < 4.78 is 0. The number of aromatic nitrogens is 3. The lowest BCUT2D eigenvalue weighted by molar-refractivity contribution is 0.0171. The molecule has 2 rings (SSSR count). The Balaban J connectivity index is 2.24. The fraction of sp³-hybridized carbons (Fsp3) is 0.400. The van der Waals surface area contributed by atoms with Crippen molar-refractivity contribution >= 4 is 23.8 Å². The summed E-state index contributed by atoms with van der Waals surface area (Å²) in [6.45, 7) is 0. The molecule has 0 saturated carbocycles. The van der Waals surface area contributed by atoms with Crippen LogP contribution in [0.1, 0.15) is 18.1 Å². The van der Waals surface area contributed by atoms with E-state index in [4.69, 9.17) is 0 Å². The predicted molar refractivity (Wildman–Crippen MR) is 63.3 cm³/mol. The van der Waals surface area contributed by atoms with E-state index in [0.717, 1.165) is 5.52 Å². The van der Waals surface area contributed by atoms with Crippen LogP contribution in [0.15, 0.2) is 18.6 Å². The molecule has 16 heavy (non-hydrogen) atoms. The van der Waals surface area contributed by atoms with E-state index in [1.54, 1.807) is 6.07 Å². The van der Waals surface area contributed by atoms with Gasteiger partial charge in [-0.05, 0) is 18.2 Å². The fourth-order valence-corrected chi connectivity index (χ4v) is 1.78. The Labute approximate surface area is 98.0 Å². The molecule has 2 heterocycles. The first-order valence-electron chi connectivity index (χ1n) is 4.98. The van der Waals surface area contributed by atoms with Crippen molar-refractivity contribution in [2.75, 3.05) is 5.75 Å². The van der Waals surface area contributed by atoms with Gasteiger partial charge in [-0.3, -0.25) is 0 Å². The number of hydrogen-bond acceptors (Lipinski definition) is 5. The Hall–Kier alpha value is -1.11. The van der Waals surface area contributed by atoms with Crippen molar-refractivity contribution in [2.45, 2.75) is 18.6 Å². The Bertz CT molecular complexity index is 474. The number of thiol groups is 1. The highest BCUT2D eigenvalue weighted by atomic mass is 32.1. The van der Waals surface area contributed by atoms with Crippen molar-refractivity contribution in [3.05, 3.63) is 24.2 Å². The average molecular weight is 239 g/mol.